The quantitative estimate of drug-likeness (QED) is 0.320. The standard InChI is InChI=1S/C15H24.C5H14O8P2/c1-11-8-12(14(2,3)4)10-13(9-11)15(5,6)7;6-1-5(2-7,3-12-14(8)9)4-13-15(10)11/h8-10H,1-7H3;6-11H,1-4H2. The van der Waals surface area contributed by atoms with Crippen LogP contribution in [0.4, 0.5) is 0 Å². The van der Waals surface area contributed by atoms with Crippen LogP contribution in [0, 0.1) is 12.3 Å². The molecule has 176 valence electrons. The van der Waals surface area contributed by atoms with Crippen molar-refractivity contribution in [1.82, 2.24) is 0 Å². The van der Waals surface area contributed by atoms with Crippen molar-refractivity contribution < 1.29 is 38.8 Å². The van der Waals surface area contributed by atoms with Gasteiger partial charge in [0.05, 0.1) is 31.8 Å². The van der Waals surface area contributed by atoms with E-state index < -0.39 is 35.8 Å². The van der Waals surface area contributed by atoms with Crippen LogP contribution in [0.3, 0.4) is 0 Å². The van der Waals surface area contributed by atoms with Gasteiger partial charge in [-0.05, 0) is 28.9 Å². The average Bonchev–Trinajstić information content (AvgIpc) is 2.61. The van der Waals surface area contributed by atoms with E-state index in [4.69, 9.17) is 29.8 Å². The summed E-state index contributed by atoms with van der Waals surface area (Å²) in [6.07, 6.45) is 0. The first-order valence-corrected chi connectivity index (χ1v) is 11.9. The highest BCUT2D eigenvalue weighted by Crippen LogP contribution is 2.33. The number of hydrogen-bond donors (Lipinski definition) is 6. The van der Waals surface area contributed by atoms with Crippen molar-refractivity contribution in [2.24, 2.45) is 5.41 Å². The van der Waals surface area contributed by atoms with E-state index in [9.17, 15) is 0 Å². The largest absolute Gasteiger partial charge is 0.396 e. The molecule has 0 atom stereocenters. The van der Waals surface area contributed by atoms with E-state index >= 15 is 0 Å². The lowest BCUT2D eigenvalue weighted by Crippen LogP contribution is -2.38. The van der Waals surface area contributed by atoms with Gasteiger partial charge in [-0.3, -0.25) is 0 Å². The smallest absolute Gasteiger partial charge is 0.327 e. The summed E-state index contributed by atoms with van der Waals surface area (Å²) in [7, 11) is -5.20. The maximum atomic E-state index is 8.97. The minimum absolute atomic E-state index is 0.242. The summed E-state index contributed by atoms with van der Waals surface area (Å²) in [6.45, 7) is 14.0. The molecule has 30 heavy (non-hydrogen) atoms. The zero-order valence-corrected chi connectivity index (χ0v) is 20.7. The van der Waals surface area contributed by atoms with Gasteiger partial charge in [0.25, 0.3) is 0 Å². The number of aliphatic hydroxyl groups excluding tert-OH is 2. The highest BCUT2D eigenvalue weighted by atomic mass is 31.2. The van der Waals surface area contributed by atoms with Crippen LogP contribution in [0.1, 0.15) is 58.2 Å². The van der Waals surface area contributed by atoms with Gasteiger partial charge in [-0.2, -0.15) is 0 Å². The number of hydrogen-bond acceptors (Lipinski definition) is 8. The highest BCUT2D eigenvalue weighted by molar-refractivity contribution is 7.39. The molecule has 0 aliphatic rings. The van der Waals surface area contributed by atoms with Crippen LogP contribution in [-0.2, 0) is 19.9 Å². The Morgan fingerprint density at radius 1 is 0.700 bits per heavy atom. The van der Waals surface area contributed by atoms with Crippen molar-refractivity contribution in [2.75, 3.05) is 26.4 Å². The summed E-state index contributed by atoms with van der Waals surface area (Å²) < 4.78 is 8.88. The van der Waals surface area contributed by atoms with Gasteiger partial charge < -0.3 is 38.8 Å². The fraction of sp³-hybridized carbons (Fsp3) is 0.700. The third kappa shape index (κ3) is 11.4. The zero-order chi connectivity index (χ0) is 23.8. The molecule has 1 aromatic rings. The van der Waals surface area contributed by atoms with Crippen LogP contribution in [0.2, 0.25) is 0 Å². The fourth-order valence-corrected chi connectivity index (χ4v) is 3.09. The monoisotopic (exact) mass is 468 g/mol. The summed E-state index contributed by atoms with van der Waals surface area (Å²) in [5.74, 6) is 0. The van der Waals surface area contributed by atoms with E-state index in [1.807, 2.05) is 0 Å². The molecule has 6 N–H and O–H groups in total. The summed E-state index contributed by atoms with van der Waals surface area (Å²) >= 11 is 0. The van der Waals surface area contributed by atoms with E-state index in [-0.39, 0.29) is 24.0 Å². The van der Waals surface area contributed by atoms with Crippen molar-refractivity contribution in [1.29, 1.82) is 0 Å². The molecule has 0 saturated carbocycles. The van der Waals surface area contributed by atoms with Gasteiger partial charge in [0.1, 0.15) is 0 Å². The Labute approximate surface area is 182 Å². The van der Waals surface area contributed by atoms with Gasteiger partial charge in [-0.1, -0.05) is 65.3 Å². The lowest BCUT2D eigenvalue weighted by molar-refractivity contribution is -0.0232. The summed E-state index contributed by atoms with van der Waals surface area (Å²) in [5, 5.41) is 17.9. The second-order valence-corrected chi connectivity index (χ2v) is 11.0. The van der Waals surface area contributed by atoms with E-state index in [1.165, 1.54) is 16.7 Å². The van der Waals surface area contributed by atoms with Gasteiger partial charge in [0.2, 0.25) is 0 Å². The van der Waals surface area contributed by atoms with Crippen molar-refractivity contribution in [3.63, 3.8) is 0 Å². The second kappa shape index (κ2) is 12.7. The summed E-state index contributed by atoms with van der Waals surface area (Å²) in [5.41, 5.74) is 3.43. The Bertz CT molecular complexity index is 574. The number of aliphatic hydroxyl groups is 2. The molecule has 0 spiro atoms. The first-order valence-electron chi connectivity index (χ1n) is 9.52. The van der Waals surface area contributed by atoms with Gasteiger partial charge in [-0.15, -0.1) is 0 Å². The van der Waals surface area contributed by atoms with Crippen molar-refractivity contribution in [2.45, 2.75) is 59.3 Å². The first-order chi connectivity index (χ1) is 13.6. The minimum atomic E-state index is -2.60. The molecular weight excluding hydrogens is 430 g/mol. The average molecular weight is 468 g/mol. The number of benzene rings is 1. The van der Waals surface area contributed by atoms with Crippen LogP contribution in [0.15, 0.2) is 18.2 Å². The zero-order valence-electron chi connectivity index (χ0n) is 19.0. The molecule has 0 aliphatic heterocycles. The molecule has 0 amide bonds. The van der Waals surface area contributed by atoms with Crippen LogP contribution in [0.25, 0.3) is 0 Å². The Hall–Kier alpha value is -0.240. The number of rotatable bonds is 8. The van der Waals surface area contributed by atoms with E-state index in [0.717, 1.165) is 0 Å². The van der Waals surface area contributed by atoms with Crippen molar-refractivity contribution in [3.8, 4) is 0 Å². The fourth-order valence-electron chi connectivity index (χ4n) is 2.31. The third-order valence-corrected chi connectivity index (χ3v) is 5.17. The Morgan fingerprint density at radius 2 is 1.03 bits per heavy atom. The normalized spacial score (nSPS) is 12.9. The van der Waals surface area contributed by atoms with Crippen LogP contribution in [-0.4, -0.2) is 56.2 Å². The molecule has 10 heteroatoms. The molecule has 8 nitrogen and oxygen atoms in total. The molecule has 0 bridgehead atoms. The van der Waals surface area contributed by atoms with Crippen molar-refractivity contribution in [3.05, 3.63) is 34.9 Å². The van der Waals surface area contributed by atoms with Gasteiger partial charge in [0, 0.05) is 0 Å². The molecule has 0 aromatic heterocycles. The Kier molecular flexibility index (Phi) is 12.6. The molecule has 1 aromatic carbocycles. The SMILES string of the molecule is Cc1cc(C(C)(C)C)cc(C(C)(C)C)c1.OCC(CO)(COP(O)O)COP(O)O. The topological polar surface area (TPSA) is 140 Å². The summed E-state index contributed by atoms with van der Waals surface area (Å²) in [6, 6.07) is 6.96. The Balaban J connectivity index is 0.000000561. The molecule has 0 unspecified atom stereocenters. The predicted molar refractivity (Wildman–Crippen MR) is 120 cm³/mol. The van der Waals surface area contributed by atoms with Crippen molar-refractivity contribution >= 4 is 17.2 Å². The van der Waals surface area contributed by atoms with Gasteiger partial charge >= 0.3 is 17.2 Å². The lowest BCUT2D eigenvalue weighted by Gasteiger charge is -2.28. The second-order valence-electron chi connectivity index (χ2n) is 9.46. The molecule has 0 aliphatic carbocycles. The maximum absolute atomic E-state index is 8.97. The van der Waals surface area contributed by atoms with Crippen LogP contribution in [0.5, 0.6) is 0 Å². The van der Waals surface area contributed by atoms with E-state index in [1.54, 1.807) is 0 Å². The molecule has 0 saturated heterocycles. The number of aryl methyl sites for hydroxylation is 1. The molecular formula is C20H38O8P2. The highest BCUT2D eigenvalue weighted by Gasteiger charge is 2.32. The molecule has 1 rings (SSSR count). The van der Waals surface area contributed by atoms with E-state index in [0.29, 0.717) is 0 Å². The molecule has 0 heterocycles. The van der Waals surface area contributed by atoms with Crippen LogP contribution < -0.4 is 0 Å². The predicted octanol–water partition coefficient (Wildman–Crippen LogP) is 3.00. The first kappa shape index (κ1) is 29.8. The van der Waals surface area contributed by atoms with Gasteiger partial charge in [-0.25, -0.2) is 0 Å². The third-order valence-electron chi connectivity index (χ3n) is 4.45. The lowest BCUT2D eigenvalue weighted by atomic mass is 9.80. The maximum Gasteiger partial charge on any atom is 0.327 e. The molecule has 0 fully saturated rings. The summed E-state index contributed by atoms with van der Waals surface area (Å²) in [4.78, 5) is 33.9. The Morgan fingerprint density at radius 3 is 1.27 bits per heavy atom. The van der Waals surface area contributed by atoms with Gasteiger partial charge in [0.15, 0.2) is 0 Å². The van der Waals surface area contributed by atoms with Crippen LogP contribution >= 0.6 is 17.2 Å². The minimum Gasteiger partial charge on any atom is -0.396 e. The van der Waals surface area contributed by atoms with E-state index in [2.05, 4.69) is 75.7 Å². The molecule has 0 radical (unpaired) electrons.